The van der Waals surface area contributed by atoms with Crippen molar-refractivity contribution in [1.29, 1.82) is 0 Å². The lowest BCUT2D eigenvalue weighted by Crippen LogP contribution is -2.16. The van der Waals surface area contributed by atoms with Gasteiger partial charge in [0.25, 0.3) is 0 Å². The van der Waals surface area contributed by atoms with E-state index in [1.54, 1.807) is 23.1 Å². The molecule has 104 valence electrons. The van der Waals surface area contributed by atoms with Gasteiger partial charge in [-0.05, 0) is 30.3 Å². The molecule has 2 rings (SSSR count). The van der Waals surface area contributed by atoms with Gasteiger partial charge in [0, 0.05) is 17.7 Å². The van der Waals surface area contributed by atoms with Gasteiger partial charge < -0.3 is 5.32 Å². The molecule has 0 spiro atoms. The Labute approximate surface area is 121 Å². The van der Waals surface area contributed by atoms with Crippen LogP contribution < -0.4 is 5.32 Å². The molecule has 2 aromatic heterocycles. The second-order valence-electron chi connectivity index (χ2n) is 4.06. The number of hydrogen-bond donors (Lipinski definition) is 1. The summed E-state index contributed by atoms with van der Waals surface area (Å²) in [6.45, 7) is 3.81. The molecule has 0 aromatic carbocycles. The molecular weight excluding hydrogens is 280 g/mol. The molecule has 19 heavy (non-hydrogen) atoms. The van der Waals surface area contributed by atoms with Crippen molar-refractivity contribution < 1.29 is 0 Å². The largest absolute Gasteiger partial charge is 0.318 e. The normalized spacial score (nSPS) is 11.1. The third-order valence-corrected chi connectivity index (χ3v) is 4.43. The summed E-state index contributed by atoms with van der Waals surface area (Å²) in [4.78, 5) is 4.60. The first-order chi connectivity index (χ1) is 9.33. The first-order valence-electron chi connectivity index (χ1n) is 6.30. The van der Waals surface area contributed by atoms with Crippen molar-refractivity contribution in [3.63, 3.8) is 0 Å². The smallest absolute Gasteiger partial charge is 0.209 e. The standard InChI is InChI=1S/C11H18N6S2/c1-3-4-10-13-9(7-18-10)8-19-11-14-15-16-17(11)6-5-12-2/h7,12H,3-6,8H2,1-2H3. The van der Waals surface area contributed by atoms with Crippen LogP contribution in [0.25, 0.3) is 0 Å². The van der Waals surface area contributed by atoms with Crippen LogP contribution in [0.2, 0.25) is 0 Å². The Balaban J connectivity index is 1.88. The number of rotatable bonds is 8. The summed E-state index contributed by atoms with van der Waals surface area (Å²) in [6.07, 6.45) is 2.21. The molecule has 0 radical (unpaired) electrons. The third-order valence-electron chi connectivity index (χ3n) is 2.48. The molecular formula is C11H18N6S2. The lowest BCUT2D eigenvalue weighted by Gasteiger charge is -2.02. The molecule has 0 amide bonds. The minimum Gasteiger partial charge on any atom is -0.318 e. The van der Waals surface area contributed by atoms with Crippen molar-refractivity contribution in [2.45, 2.75) is 37.2 Å². The van der Waals surface area contributed by atoms with Gasteiger partial charge in [0.05, 0.1) is 17.2 Å². The fraction of sp³-hybridized carbons (Fsp3) is 0.636. The van der Waals surface area contributed by atoms with Gasteiger partial charge in [0.15, 0.2) is 0 Å². The summed E-state index contributed by atoms with van der Waals surface area (Å²) >= 11 is 3.37. The van der Waals surface area contributed by atoms with Gasteiger partial charge in [-0.1, -0.05) is 18.7 Å². The molecule has 0 aliphatic heterocycles. The van der Waals surface area contributed by atoms with Crippen molar-refractivity contribution >= 4 is 23.1 Å². The lowest BCUT2D eigenvalue weighted by atomic mass is 10.3. The van der Waals surface area contributed by atoms with Gasteiger partial charge in [0.2, 0.25) is 5.16 Å². The van der Waals surface area contributed by atoms with E-state index in [4.69, 9.17) is 0 Å². The first kappa shape index (κ1) is 14.4. The molecule has 2 heterocycles. The number of nitrogens with one attached hydrogen (secondary N) is 1. The molecule has 8 heteroatoms. The number of likely N-dealkylation sites (N-methyl/N-ethyl adjacent to an activating group) is 1. The zero-order chi connectivity index (χ0) is 13.5. The van der Waals surface area contributed by atoms with E-state index >= 15 is 0 Å². The van der Waals surface area contributed by atoms with Gasteiger partial charge >= 0.3 is 0 Å². The molecule has 0 fully saturated rings. The molecule has 6 nitrogen and oxygen atoms in total. The molecule has 2 aromatic rings. The topological polar surface area (TPSA) is 68.5 Å². The molecule has 0 aliphatic carbocycles. The van der Waals surface area contributed by atoms with E-state index in [2.05, 4.69) is 38.1 Å². The fourth-order valence-corrected chi connectivity index (χ4v) is 3.34. The van der Waals surface area contributed by atoms with Gasteiger partial charge in [-0.25, -0.2) is 9.67 Å². The maximum Gasteiger partial charge on any atom is 0.209 e. The van der Waals surface area contributed by atoms with E-state index in [0.29, 0.717) is 0 Å². The van der Waals surface area contributed by atoms with Crippen LogP contribution in [0.4, 0.5) is 0 Å². The number of thioether (sulfide) groups is 1. The monoisotopic (exact) mass is 298 g/mol. The number of hydrogen-bond acceptors (Lipinski definition) is 7. The Bertz CT molecular complexity index is 495. The average molecular weight is 298 g/mol. The van der Waals surface area contributed by atoms with Crippen LogP contribution in [0.1, 0.15) is 24.0 Å². The van der Waals surface area contributed by atoms with Gasteiger partial charge in [-0.3, -0.25) is 0 Å². The second kappa shape index (κ2) is 7.56. The maximum atomic E-state index is 4.60. The van der Waals surface area contributed by atoms with Crippen molar-refractivity contribution in [2.75, 3.05) is 13.6 Å². The number of aromatic nitrogens is 5. The van der Waals surface area contributed by atoms with Crippen LogP contribution in [0.5, 0.6) is 0 Å². The van der Waals surface area contributed by atoms with Crippen LogP contribution in [-0.2, 0) is 18.7 Å². The predicted molar refractivity (Wildman–Crippen MR) is 77.4 cm³/mol. The van der Waals surface area contributed by atoms with E-state index in [-0.39, 0.29) is 0 Å². The van der Waals surface area contributed by atoms with Gasteiger partial charge in [-0.2, -0.15) is 0 Å². The van der Waals surface area contributed by atoms with Gasteiger partial charge in [0.1, 0.15) is 0 Å². The Morgan fingerprint density at radius 1 is 1.47 bits per heavy atom. The van der Waals surface area contributed by atoms with Crippen LogP contribution in [-0.4, -0.2) is 38.8 Å². The number of tetrazole rings is 1. The molecule has 1 N–H and O–H groups in total. The number of nitrogens with zero attached hydrogens (tertiary/aromatic N) is 5. The van der Waals surface area contributed by atoms with E-state index in [9.17, 15) is 0 Å². The van der Waals surface area contributed by atoms with Gasteiger partial charge in [-0.15, -0.1) is 16.4 Å². The van der Waals surface area contributed by atoms with Crippen LogP contribution >= 0.6 is 23.1 Å². The molecule has 0 saturated heterocycles. The van der Waals surface area contributed by atoms with Crippen molar-refractivity contribution in [3.8, 4) is 0 Å². The molecule has 0 aliphatic rings. The molecule has 0 bridgehead atoms. The Morgan fingerprint density at radius 2 is 2.37 bits per heavy atom. The molecule has 0 saturated carbocycles. The quantitative estimate of drug-likeness (QED) is 0.747. The maximum absolute atomic E-state index is 4.60. The molecule has 0 unspecified atom stereocenters. The summed E-state index contributed by atoms with van der Waals surface area (Å²) < 4.78 is 1.82. The van der Waals surface area contributed by atoms with Crippen molar-refractivity contribution in [3.05, 3.63) is 16.1 Å². The van der Waals surface area contributed by atoms with Crippen LogP contribution in [0, 0.1) is 0 Å². The zero-order valence-electron chi connectivity index (χ0n) is 11.2. The summed E-state index contributed by atoms with van der Waals surface area (Å²) in [6, 6.07) is 0. The van der Waals surface area contributed by atoms with E-state index < -0.39 is 0 Å². The minimum absolute atomic E-state index is 0.782. The highest BCUT2D eigenvalue weighted by Crippen LogP contribution is 2.21. The van der Waals surface area contributed by atoms with E-state index in [1.807, 2.05) is 11.7 Å². The Hall–Kier alpha value is -0.990. The summed E-state index contributed by atoms with van der Waals surface area (Å²) in [5.41, 5.74) is 1.11. The first-order valence-corrected chi connectivity index (χ1v) is 8.16. The molecule has 0 atom stereocenters. The average Bonchev–Trinajstić information content (AvgIpc) is 3.03. The highest BCUT2D eigenvalue weighted by atomic mass is 32.2. The van der Waals surface area contributed by atoms with Crippen molar-refractivity contribution in [2.24, 2.45) is 0 Å². The highest BCUT2D eigenvalue weighted by molar-refractivity contribution is 7.98. The highest BCUT2D eigenvalue weighted by Gasteiger charge is 2.08. The van der Waals surface area contributed by atoms with E-state index in [1.165, 1.54) is 5.01 Å². The van der Waals surface area contributed by atoms with Crippen molar-refractivity contribution in [1.82, 2.24) is 30.5 Å². The second-order valence-corrected chi connectivity index (χ2v) is 5.94. The predicted octanol–water partition coefficient (Wildman–Crippen LogP) is 1.59. The van der Waals surface area contributed by atoms with Crippen LogP contribution in [0.15, 0.2) is 10.5 Å². The Morgan fingerprint density at radius 3 is 3.16 bits per heavy atom. The zero-order valence-corrected chi connectivity index (χ0v) is 12.8. The van der Waals surface area contributed by atoms with E-state index in [0.717, 1.165) is 42.5 Å². The number of thiazole rings is 1. The lowest BCUT2D eigenvalue weighted by molar-refractivity contribution is 0.530. The minimum atomic E-state index is 0.782. The Kier molecular flexibility index (Phi) is 5.74. The summed E-state index contributed by atoms with van der Waals surface area (Å²) in [7, 11) is 1.92. The third kappa shape index (κ3) is 4.26. The summed E-state index contributed by atoms with van der Waals surface area (Å²) in [5, 5.41) is 19.0. The fourth-order valence-electron chi connectivity index (χ4n) is 1.54. The number of aryl methyl sites for hydroxylation is 1. The van der Waals surface area contributed by atoms with Crippen LogP contribution in [0.3, 0.4) is 0 Å². The SMILES string of the molecule is CCCc1nc(CSc2nnnn2CCNC)cs1. The summed E-state index contributed by atoms with van der Waals surface area (Å²) in [5.74, 6) is 0.820.